The molecular weight excluding hydrogens is 431 g/mol. The van der Waals surface area contributed by atoms with Crippen molar-refractivity contribution in [2.45, 2.75) is 37.4 Å². The second-order valence-electron chi connectivity index (χ2n) is 7.84. The number of aromatic hydroxyl groups is 2. The Bertz CT molecular complexity index is 1100. The van der Waals surface area contributed by atoms with Gasteiger partial charge in [-0.3, -0.25) is 14.3 Å². The number of thioether (sulfide) groups is 1. The highest BCUT2D eigenvalue weighted by atomic mass is 32.2. The predicted octanol–water partition coefficient (Wildman–Crippen LogP) is 4.34. The molecule has 0 radical (unpaired) electrons. The lowest BCUT2D eigenvalue weighted by molar-refractivity contribution is 0.102. The van der Waals surface area contributed by atoms with E-state index < -0.39 is 0 Å². The van der Waals surface area contributed by atoms with Crippen molar-refractivity contribution in [1.82, 2.24) is 19.7 Å². The summed E-state index contributed by atoms with van der Waals surface area (Å²) in [5.74, 6) is -0.253. The van der Waals surface area contributed by atoms with Crippen molar-refractivity contribution in [1.29, 1.82) is 0 Å². The molecular formula is C23H25FN4O3S. The van der Waals surface area contributed by atoms with Crippen LogP contribution in [0.15, 0.2) is 47.6 Å². The van der Waals surface area contributed by atoms with Crippen LogP contribution >= 0.6 is 11.8 Å². The van der Waals surface area contributed by atoms with Crippen LogP contribution in [0.4, 0.5) is 4.39 Å². The van der Waals surface area contributed by atoms with Gasteiger partial charge in [-0.2, -0.15) is 0 Å². The molecule has 1 fully saturated rings. The molecule has 1 aliphatic heterocycles. The predicted molar refractivity (Wildman–Crippen MR) is 120 cm³/mol. The molecule has 4 rings (SSSR count). The molecule has 32 heavy (non-hydrogen) atoms. The molecule has 1 saturated heterocycles. The summed E-state index contributed by atoms with van der Waals surface area (Å²) < 4.78 is 15.4. The van der Waals surface area contributed by atoms with Crippen molar-refractivity contribution in [3.63, 3.8) is 0 Å². The summed E-state index contributed by atoms with van der Waals surface area (Å²) in [5, 5.41) is 28.7. The number of ketones is 1. The third kappa shape index (κ3) is 4.78. The molecule has 2 heterocycles. The largest absolute Gasteiger partial charge is 0.508 e. The summed E-state index contributed by atoms with van der Waals surface area (Å²) in [5.41, 5.74) is 0.850. The zero-order valence-corrected chi connectivity index (χ0v) is 18.6. The molecule has 9 heteroatoms. The average Bonchev–Trinajstić information content (AvgIpc) is 3.22. The molecule has 2 aromatic carbocycles. The van der Waals surface area contributed by atoms with E-state index in [-0.39, 0.29) is 40.5 Å². The molecule has 0 amide bonds. The lowest BCUT2D eigenvalue weighted by Gasteiger charge is -2.31. The molecule has 3 aromatic rings. The minimum atomic E-state index is -0.334. The first-order valence-electron chi connectivity index (χ1n) is 10.6. The fraction of sp³-hybridized carbons (Fsp3) is 0.348. The van der Waals surface area contributed by atoms with Gasteiger partial charge in [0.1, 0.15) is 17.3 Å². The molecule has 0 saturated carbocycles. The third-order valence-corrected chi connectivity index (χ3v) is 6.60. The highest BCUT2D eigenvalue weighted by molar-refractivity contribution is 7.99. The van der Waals surface area contributed by atoms with Crippen LogP contribution in [-0.4, -0.2) is 54.5 Å². The third-order valence-electron chi connectivity index (χ3n) is 5.67. The van der Waals surface area contributed by atoms with Crippen LogP contribution in [-0.2, 0) is 0 Å². The second kappa shape index (κ2) is 9.70. The monoisotopic (exact) mass is 456 g/mol. The lowest BCUT2D eigenvalue weighted by Crippen LogP contribution is -2.33. The zero-order chi connectivity index (χ0) is 22.7. The number of piperidine rings is 1. The van der Waals surface area contributed by atoms with Crippen LogP contribution in [0.2, 0.25) is 0 Å². The van der Waals surface area contributed by atoms with Crippen LogP contribution in [0, 0.1) is 5.82 Å². The van der Waals surface area contributed by atoms with E-state index >= 15 is 0 Å². The van der Waals surface area contributed by atoms with Gasteiger partial charge in [-0.25, -0.2) is 4.39 Å². The van der Waals surface area contributed by atoms with Gasteiger partial charge < -0.3 is 10.2 Å². The number of nitrogens with zero attached hydrogens (tertiary/aromatic N) is 4. The van der Waals surface area contributed by atoms with E-state index in [4.69, 9.17) is 0 Å². The topological polar surface area (TPSA) is 91.5 Å². The summed E-state index contributed by atoms with van der Waals surface area (Å²) in [4.78, 5) is 15.0. The van der Waals surface area contributed by atoms with E-state index in [1.807, 2.05) is 4.57 Å². The van der Waals surface area contributed by atoms with Crippen molar-refractivity contribution in [2.75, 3.05) is 18.8 Å². The summed E-state index contributed by atoms with van der Waals surface area (Å²) >= 11 is 1.20. The van der Waals surface area contributed by atoms with Gasteiger partial charge >= 0.3 is 0 Å². The number of benzene rings is 2. The van der Waals surface area contributed by atoms with Gasteiger partial charge in [-0.1, -0.05) is 18.2 Å². The minimum absolute atomic E-state index is 0.0130. The first-order chi connectivity index (χ1) is 15.4. The van der Waals surface area contributed by atoms with Crippen molar-refractivity contribution in [2.24, 2.45) is 0 Å². The summed E-state index contributed by atoms with van der Waals surface area (Å²) in [6.45, 7) is 4.06. The van der Waals surface area contributed by atoms with Gasteiger partial charge in [0.15, 0.2) is 16.8 Å². The highest BCUT2D eigenvalue weighted by Gasteiger charge is 2.26. The maximum absolute atomic E-state index is 13.5. The number of carbonyl (C=O) groups is 1. The molecule has 1 atom stereocenters. The lowest BCUT2D eigenvalue weighted by atomic mass is 10.1. The van der Waals surface area contributed by atoms with E-state index in [2.05, 4.69) is 22.0 Å². The first kappa shape index (κ1) is 22.3. The minimum Gasteiger partial charge on any atom is -0.508 e. The van der Waals surface area contributed by atoms with Crippen molar-refractivity contribution < 1.29 is 19.4 Å². The Balaban J connectivity index is 1.61. The molecule has 7 nitrogen and oxygen atoms in total. The van der Waals surface area contributed by atoms with E-state index in [9.17, 15) is 19.4 Å². The quantitative estimate of drug-likeness (QED) is 0.404. The molecule has 2 N–H and O–H groups in total. The van der Waals surface area contributed by atoms with Crippen LogP contribution in [0.3, 0.4) is 0 Å². The first-order valence-corrected chi connectivity index (χ1v) is 11.6. The summed E-state index contributed by atoms with van der Waals surface area (Å²) in [6, 6.07) is 10.0. The molecule has 1 unspecified atom stereocenters. The molecule has 168 valence electrons. The zero-order valence-electron chi connectivity index (χ0n) is 17.7. The fourth-order valence-corrected chi connectivity index (χ4v) is 4.75. The van der Waals surface area contributed by atoms with Gasteiger partial charge in [-0.15, -0.1) is 10.2 Å². The van der Waals surface area contributed by atoms with Crippen LogP contribution in [0.25, 0.3) is 5.69 Å². The van der Waals surface area contributed by atoms with Gasteiger partial charge in [0.2, 0.25) is 0 Å². The Morgan fingerprint density at radius 3 is 2.50 bits per heavy atom. The number of rotatable bonds is 7. The van der Waals surface area contributed by atoms with Crippen molar-refractivity contribution in [3.8, 4) is 17.2 Å². The van der Waals surface area contributed by atoms with E-state index in [0.29, 0.717) is 5.16 Å². The smallest absolute Gasteiger partial charge is 0.196 e. The SMILES string of the molecule is CC(c1nnc(SCC(=O)c2ccc(O)cc2O)n1-c1ccc(F)cc1)N1CCCCC1. The number of hydrogen-bond acceptors (Lipinski definition) is 7. The Hall–Kier alpha value is -2.91. The number of hydrogen-bond donors (Lipinski definition) is 2. The number of halogens is 1. The second-order valence-corrected chi connectivity index (χ2v) is 8.78. The fourth-order valence-electron chi connectivity index (χ4n) is 3.91. The van der Waals surface area contributed by atoms with Crippen LogP contribution in [0.1, 0.15) is 48.4 Å². The molecule has 1 aromatic heterocycles. The number of carbonyl (C=O) groups excluding carboxylic acids is 1. The molecule has 0 spiro atoms. The maximum atomic E-state index is 13.5. The van der Waals surface area contributed by atoms with Gasteiger partial charge in [0.25, 0.3) is 0 Å². The molecule has 0 bridgehead atoms. The van der Waals surface area contributed by atoms with E-state index in [0.717, 1.165) is 43.5 Å². The van der Waals surface area contributed by atoms with Gasteiger partial charge in [0.05, 0.1) is 17.4 Å². The summed E-state index contributed by atoms with van der Waals surface area (Å²) in [7, 11) is 0. The van der Waals surface area contributed by atoms with Crippen LogP contribution < -0.4 is 0 Å². The Labute approximate surface area is 189 Å². The van der Waals surface area contributed by atoms with Crippen molar-refractivity contribution >= 4 is 17.5 Å². The Morgan fingerprint density at radius 1 is 1.09 bits per heavy atom. The Kier molecular flexibility index (Phi) is 6.76. The number of aromatic nitrogens is 3. The number of phenols is 2. The summed E-state index contributed by atoms with van der Waals surface area (Å²) in [6.07, 6.45) is 3.50. The highest BCUT2D eigenvalue weighted by Crippen LogP contribution is 2.31. The normalized spacial score (nSPS) is 15.6. The number of likely N-dealkylation sites (tertiary alicyclic amines) is 1. The van der Waals surface area contributed by atoms with Crippen molar-refractivity contribution in [3.05, 3.63) is 59.7 Å². The standard InChI is InChI=1S/C23H25FN4O3S/c1-15(27-11-3-2-4-12-27)22-25-26-23(28(22)17-7-5-16(24)6-8-17)32-14-21(31)19-10-9-18(29)13-20(19)30/h5-10,13,15,29-30H,2-4,11-12,14H2,1H3. The number of phenolic OH excluding ortho intramolecular Hbond substituents is 2. The maximum Gasteiger partial charge on any atom is 0.196 e. The van der Waals surface area contributed by atoms with Gasteiger partial charge in [0, 0.05) is 11.8 Å². The molecule has 0 aliphatic carbocycles. The van der Waals surface area contributed by atoms with E-state index in [1.54, 1.807) is 12.1 Å². The Morgan fingerprint density at radius 2 is 1.81 bits per heavy atom. The molecule has 1 aliphatic rings. The average molecular weight is 457 g/mol. The van der Waals surface area contributed by atoms with Gasteiger partial charge in [-0.05, 0) is 69.3 Å². The number of Topliss-reactive ketones (excluding diaryl/α,β-unsaturated/α-hetero) is 1. The van der Waals surface area contributed by atoms with E-state index in [1.165, 1.54) is 42.4 Å². The van der Waals surface area contributed by atoms with Crippen LogP contribution in [0.5, 0.6) is 11.5 Å².